The van der Waals surface area contributed by atoms with Gasteiger partial charge in [0, 0.05) is 12.1 Å². The Kier molecular flexibility index (Phi) is 5.26. The van der Waals surface area contributed by atoms with Gasteiger partial charge in [-0.1, -0.05) is 44.2 Å². The molecule has 1 aliphatic rings. The maximum atomic E-state index is 12.9. The Morgan fingerprint density at radius 3 is 2.11 bits per heavy atom. The van der Waals surface area contributed by atoms with E-state index < -0.39 is 17.9 Å². The van der Waals surface area contributed by atoms with Crippen molar-refractivity contribution in [3.63, 3.8) is 0 Å². The maximum Gasteiger partial charge on any atom is 0.262 e. The van der Waals surface area contributed by atoms with Crippen molar-refractivity contribution in [2.24, 2.45) is 5.92 Å². The van der Waals surface area contributed by atoms with Crippen LogP contribution in [0.1, 0.15) is 40.1 Å². The van der Waals surface area contributed by atoms with Crippen molar-refractivity contribution >= 4 is 17.7 Å². The number of nitrogens with zero attached hydrogens (tertiary/aromatic N) is 1. The van der Waals surface area contributed by atoms with Crippen LogP contribution in [0.15, 0.2) is 48.5 Å². The first kappa shape index (κ1) is 18.6. The molecule has 2 aromatic rings. The summed E-state index contributed by atoms with van der Waals surface area (Å²) in [6.45, 7) is 3.88. The van der Waals surface area contributed by atoms with E-state index in [1.807, 2.05) is 38.1 Å². The molecule has 0 spiro atoms. The first-order valence-corrected chi connectivity index (χ1v) is 8.82. The second-order valence-corrected chi connectivity index (χ2v) is 6.74. The van der Waals surface area contributed by atoms with Gasteiger partial charge in [0.1, 0.15) is 11.8 Å². The molecule has 1 N–H and O–H groups in total. The SMILES string of the molecule is COc1ccccc1CNC(=O)[C@H](C(C)C)N1C(=O)c2ccccc2C1=O. The van der Waals surface area contributed by atoms with Gasteiger partial charge in [-0.05, 0) is 24.1 Å². The van der Waals surface area contributed by atoms with Crippen molar-refractivity contribution in [1.82, 2.24) is 10.2 Å². The van der Waals surface area contributed by atoms with Crippen LogP contribution in [0, 0.1) is 5.92 Å². The van der Waals surface area contributed by atoms with Crippen molar-refractivity contribution in [2.75, 3.05) is 7.11 Å². The number of hydrogen-bond donors (Lipinski definition) is 1. The van der Waals surface area contributed by atoms with E-state index in [2.05, 4.69) is 5.32 Å². The number of amides is 3. The van der Waals surface area contributed by atoms with E-state index in [-0.39, 0.29) is 18.4 Å². The van der Waals surface area contributed by atoms with Crippen LogP contribution < -0.4 is 10.1 Å². The highest BCUT2D eigenvalue weighted by Crippen LogP contribution is 2.27. The lowest BCUT2D eigenvalue weighted by Crippen LogP contribution is -2.52. The normalized spacial score (nSPS) is 14.3. The van der Waals surface area contributed by atoms with Crippen LogP contribution >= 0.6 is 0 Å². The van der Waals surface area contributed by atoms with E-state index in [4.69, 9.17) is 4.74 Å². The van der Waals surface area contributed by atoms with Crippen LogP contribution in [0.5, 0.6) is 5.75 Å². The van der Waals surface area contributed by atoms with Crippen molar-refractivity contribution in [2.45, 2.75) is 26.4 Å². The first-order valence-electron chi connectivity index (χ1n) is 8.82. The van der Waals surface area contributed by atoms with Gasteiger partial charge in [0.05, 0.1) is 18.2 Å². The molecule has 140 valence electrons. The molecule has 0 unspecified atom stereocenters. The number of nitrogens with one attached hydrogen (secondary N) is 1. The van der Waals surface area contributed by atoms with Gasteiger partial charge in [-0.15, -0.1) is 0 Å². The highest BCUT2D eigenvalue weighted by Gasteiger charge is 2.43. The number of para-hydroxylation sites is 1. The molecule has 0 bridgehead atoms. The number of carbonyl (C=O) groups excluding carboxylic acids is 3. The average Bonchev–Trinajstić information content (AvgIpc) is 2.92. The molecule has 27 heavy (non-hydrogen) atoms. The number of ether oxygens (including phenoxy) is 1. The number of rotatable bonds is 6. The van der Waals surface area contributed by atoms with Gasteiger partial charge in [-0.25, -0.2) is 0 Å². The lowest BCUT2D eigenvalue weighted by atomic mass is 10.0. The van der Waals surface area contributed by atoms with E-state index in [0.717, 1.165) is 10.5 Å². The molecule has 6 heteroatoms. The monoisotopic (exact) mass is 366 g/mol. The summed E-state index contributed by atoms with van der Waals surface area (Å²) in [5.74, 6) is -0.793. The number of hydrogen-bond acceptors (Lipinski definition) is 4. The molecule has 2 aromatic carbocycles. The Morgan fingerprint density at radius 1 is 1.00 bits per heavy atom. The minimum Gasteiger partial charge on any atom is -0.496 e. The Hall–Kier alpha value is -3.15. The summed E-state index contributed by atoms with van der Waals surface area (Å²) >= 11 is 0. The molecule has 0 fully saturated rings. The quantitative estimate of drug-likeness (QED) is 0.798. The van der Waals surface area contributed by atoms with Gasteiger partial charge in [-0.3, -0.25) is 19.3 Å². The minimum atomic E-state index is -0.882. The Balaban J connectivity index is 1.81. The van der Waals surface area contributed by atoms with Crippen molar-refractivity contribution < 1.29 is 19.1 Å². The van der Waals surface area contributed by atoms with E-state index in [9.17, 15) is 14.4 Å². The van der Waals surface area contributed by atoms with Gasteiger partial charge in [0.15, 0.2) is 0 Å². The minimum absolute atomic E-state index is 0.232. The molecule has 3 rings (SSSR count). The van der Waals surface area contributed by atoms with Gasteiger partial charge >= 0.3 is 0 Å². The lowest BCUT2D eigenvalue weighted by Gasteiger charge is -2.28. The third-order valence-corrected chi connectivity index (χ3v) is 4.65. The lowest BCUT2D eigenvalue weighted by molar-refractivity contribution is -0.126. The second-order valence-electron chi connectivity index (χ2n) is 6.74. The van der Waals surface area contributed by atoms with Gasteiger partial charge in [0.25, 0.3) is 11.8 Å². The van der Waals surface area contributed by atoms with Crippen molar-refractivity contribution in [1.29, 1.82) is 0 Å². The smallest absolute Gasteiger partial charge is 0.262 e. The molecule has 1 heterocycles. The first-order chi connectivity index (χ1) is 13.0. The van der Waals surface area contributed by atoms with Crippen LogP contribution in [-0.2, 0) is 11.3 Å². The number of benzene rings is 2. The zero-order valence-electron chi connectivity index (χ0n) is 15.6. The largest absolute Gasteiger partial charge is 0.496 e. The van der Waals surface area contributed by atoms with E-state index in [0.29, 0.717) is 16.9 Å². The molecule has 0 radical (unpaired) electrons. The Labute approximate surface area is 158 Å². The Bertz CT molecular complexity index is 856. The van der Waals surface area contributed by atoms with Crippen LogP contribution in [0.3, 0.4) is 0 Å². The summed E-state index contributed by atoms with van der Waals surface area (Å²) in [6.07, 6.45) is 0. The molecular weight excluding hydrogens is 344 g/mol. The molecular formula is C21H22N2O4. The van der Waals surface area contributed by atoms with Gasteiger partial charge in [0.2, 0.25) is 5.91 Å². The summed E-state index contributed by atoms with van der Waals surface area (Å²) in [6, 6.07) is 13.1. The number of imide groups is 1. The topological polar surface area (TPSA) is 75.7 Å². The van der Waals surface area contributed by atoms with Crippen molar-refractivity contribution in [3.8, 4) is 5.75 Å². The third kappa shape index (κ3) is 3.43. The van der Waals surface area contributed by atoms with Gasteiger partial charge in [-0.2, -0.15) is 0 Å². The average molecular weight is 366 g/mol. The summed E-state index contributed by atoms with van der Waals surface area (Å²) in [4.78, 5) is 39.4. The fourth-order valence-electron chi connectivity index (χ4n) is 3.31. The predicted molar refractivity (Wildman–Crippen MR) is 100 cm³/mol. The predicted octanol–water partition coefficient (Wildman–Crippen LogP) is 2.63. The van der Waals surface area contributed by atoms with Crippen LogP contribution in [0.4, 0.5) is 0 Å². The van der Waals surface area contributed by atoms with E-state index in [1.165, 1.54) is 0 Å². The summed E-state index contributed by atoms with van der Waals surface area (Å²) in [7, 11) is 1.57. The fraction of sp³-hybridized carbons (Fsp3) is 0.286. The molecule has 0 aliphatic carbocycles. The zero-order valence-corrected chi connectivity index (χ0v) is 15.6. The zero-order chi connectivity index (χ0) is 19.6. The summed E-state index contributed by atoms with van der Waals surface area (Å²) < 4.78 is 5.29. The van der Waals surface area contributed by atoms with Crippen molar-refractivity contribution in [3.05, 3.63) is 65.2 Å². The fourth-order valence-corrected chi connectivity index (χ4v) is 3.31. The highest BCUT2D eigenvalue weighted by atomic mass is 16.5. The van der Waals surface area contributed by atoms with Crippen LogP contribution in [-0.4, -0.2) is 35.8 Å². The molecule has 1 aliphatic heterocycles. The molecule has 3 amide bonds. The van der Waals surface area contributed by atoms with E-state index >= 15 is 0 Å². The summed E-state index contributed by atoms with van der Waals surface area (Å²) in [5.41, 5.74) is 1.49. The number of methoxy groups -OCH3 is 1. The molecule has 0 aromatic heterocycles. The Morgan fingerprint density at radius 2 is 1.56 bits per heavy atom. The standard InChI is InChI=1S/C21H22N2O4/c1-13(2)18(19(24)22-12-14-8-4-7-11-17(14)27-3)23-20(25)15-9-5-6-10-16(15)21(23)26/h4-11,13,18H,12H2,1-3H3,(H,22,24)/t18-/m0/s1. The second kappa shape index (κ2) is 7.61. The maximum absolute atomic E-state index is 12.9. The van der Waals surface area contributed by atoms with E-state index in [1.54, 1.807) is 31.4 Å². The molecule has 0 saturated heterocycles. The van der Waals surface area contributed by atoms with Crippen LogP contribution in [0.2, 0.25) is 0 Å². The molecule has 6 nitrogen and oxygen atoms in total. The number of fused-ring (bicyclic) bond motifs is 1. The van der Waals surface area contributed by atoms with Crippen LogP contribution in [0.25, 0.3) is 0 Å². The number of carbonyl (C=O) groups is 3. The molecule has 1 atom stereocenters. The molecule has 0 saturated carbocycles. The highest BCUT2D eigenvalue weighted by molar-refractivity contribution is 6.22. The third-order valence-electron chi connectivity index (χ3n) is 4.65. The summed E-state index contributed by atoms with van der Waals surface area (Å²) in [5, 5.41) is 2.83. The van der Waals surface area contributed by atoms with Gasteiger partial charge < -0.3 is 10.1 Å².